The van der Waals surface area contributed by atoms with E-state index in [2.05, 4.69) is 47.4 Å². The van der Waals surface area contributed by atoms with E-state index in [0.717, 1.165) is 18.7 Å². The minimum Gasteiger partial charge on any atom is -0.284 e. The summed E-state index contributed by atoms with van der Waals surface area (Å²) in [5, 5.41) is 12.0. The molecule has 19 heavy (non-hydrogen) atoms. The molecule has 1 aliphatic heterocycles. The van der Waals surface area contributed by atoms with Crippen molar-refractivity contribution in [3.63, 3.8) is 0 Å². The molecule has 0 radical (unpaired) electrons. The van der Waals surface area contributed by atoms with Crippen molar-refractivity contribution >= 4 is 10.8 Å². The van der Waals surface area contributed by atoms with Gasteiger partial charge in [0.25, 0.3) is 0 Å². The number of piperidine rings is 1. The summed E-state index contributed by atoms with van der Waals surface area (Å²) >= 11 is 0. The van der Waals surface area contributed by atoms with Crippen molar-refractivity contribution in [1.29, 1.82) is 5.26 Å². The SMILES string of the molecule is N#CC(c1ccc2ccccc2c1)N1CCCCC1. The zero-order chi connectivity index (χ0) is 13.1. The monoisotopic (exact) mass is 250 g/mol. The molecule has 1 heterocycles. The van der Waals surface area contributed by atoms with Crippen molar-refractivity contribution in [2.45, 2.75) is 25.3 Å². The summed E-state index contributed by atoms with van der Waals surface area (Å²) in [6.07, 6.45) is 3.73. The molecule has 0 N–H and O–H groups in total. The first-order valence-corrected chi connectivity index (χ1v) is 7.01. The second-order valence-corrected chi connectivity index (χ2v) is 5.23. The Morgan fingerprint density at radius 2 is 1.68 bits per heavy atom. The van der Waals surface area contributed by atoms with E-state index in [1.54, 1.807) is 0 Å². The van der Waals surface area contributed by atoms with Crippen LogP contribution in [0, 0.1) is 11.3 Å². The number of likely N-dealkylation sites (tertiary alicyclic amines) is 1. The molecule has 0 bridgehead atoms. The maximum atomic E-state index is 9.51. The third kappa shape index (κ3) is 2.47. The van der Waals surface area contributed by atoms with E-state index in [1.165, 1.54) is 30.0 Å². The Balaban J connectivity index is 1.94. The van der Waals surface area contributed by atoms with Gasteiger partial charge in [-0.2, -0.15) is 5.26 Å². The summed E-state index contributed by atoms with van der Waals surface area (Å²) < 4.78 is 0. The van der Waals surface area contributed by atoms with Crippen LogP contribution < -0.4 is 0 Å². The van der Waals surface area contributed by atoms with Crippen molar-refractivity contribution in [3.05, 3.63) is 48.0 Å². The molecule has 1 unspecified atom stereocenters. The molecule has 96 valence electrons. The molecule has 0 amide bonds. The van der Waals surface area contributed by atoms with Gasteiger partial charge in [-0.15, -0.1) is 0 Å². The summed E-state index contributed by atoms with van der Waals surface area (Å²) in [6, 6.07) is 17.1. The number of hydrogen-bond acceptors (Lipinski definition) is 2. The lowest BCUT2D eigenvalue weighted by molar-refractivity contribution is 0.196. The third-order valence-corrected chi connectivity index (χ3v) is 3.97. The normalized spacial score (nSPS) is 18.1. The first-order valence-electron chi connectivity index (χ1n) is 7.01. The molecule has 2 nitrogen and oxygen atoms in total. The number of hydrogen-bond donors (Lipinski definition) is 0. The molecule has 1 atom stereocenters. The Hall–Kier alpha value is -1.85. The molecular weight excluding hydrogens is 232 g/mol. The molecule has 1 fully saturated rings. The highest BCUT2D eigenvalue weighted by Crippen LogP contribution is 2.26. The minimum absolute atomic E-state index is 0.0927. The standard InChI is InChI=1S/C17H18N2/c18-13-17(19-10-4-1-5-11-19)16-9-8-14-6-2-3-7-15(14)12-16/h2-3,6-9,12,17H,1,4-5,10-11H2. The van der Waals surface area contributed by atoms with Crippen LogP contribution in [-0.2, 0) is 0 Å². The van der Waals surface area contributed by atoms with Gasteiger partial charge in [-0.05, 0) is 48.3 Å². The van der Waals surface area contributed by atoms with Crippen LogP contribution in [0.25, 0.3) is 10.8 Å². The van der Waals surface area contributed by atoms with Gasteiger partial charge in [0.1, 0.15) is 6.04 Å². The van der Waals surface area contributed by atoms with Gasteiger partial charge in [0.2, 0.25) is 0 Å². The van der Waals surface area contributed by atoms with E-state index in [9.17, 15) is 5.26 Å². The number of rotatable bonds is 2. The molecule has 2 aromatic carbocycles. The van der Waals surface area contributed by atoms with Crippen LogP contribution in [0.3, 0.4) is 0 Å². The Morgan fingerprint density at radius 1 is 0.947 bits per heavy atom. The molecule has 2 heteroatoms. The molecule has 0 aliphatic carbocycles. The highest BCUT2D eigenvalue weighted by atomic mass is 15.2. The number of nitrogens with zero attached hydrogens (tertiary/aromatic N) is 2. The lowest BCUT2D eigenvalue weighted by atomic mass is 9.99. The molecule has 1 saturated heterocycles. The van der Waals surface area contributed by atoms with Crippen molar-refractivity contribution < 1.29 is 0 Å². The van der Waals surface area contributed by atoms with E-state index in [4.69, 9.17) is 0 Å². The van der Waals surface area contributed by atoms with Crippen molar-refractivity contribution in [2.75, 3.05) is 13.1 Å². The van der Waals surface area contributed by atoms with Crippen LogP contribution in [0.4, 0.5) is 0 Å². The predicted molar refractivity (Wildman–Crippen MR) is 77.7 cm³/mol. The van der Waals surface area contributed by atoms with Gasteiger partial charge in [0, 0.05) is 0 Å². The average molecular weight is 250 g/mol. The Morgan fingerprint density at radius 3 is 2.42 bits per heavy atom. The fourth-order valence-corrected chi connectivity index (χ4v) is 2.92. The Kier molecular flexibility index (Phi) is 3.48. The third-order valence-electron chi connectivity index (χ3n) is 3.97. The van der Waals surface area contributed by atoms with Crippen molar-refractivity contribution in [2.24, 2.45) is 0 Å². The van der Waals surface area contributed by atoms with E-state index in [-0.39, 0.29) is 6.04 Å². The quantitative estimate of drug-likeness (QED) is 0.808. The maximum absolute atomic E-state index is 9.51. The number of nitriles is 1. The number of fused-ring (bicyclic) bond motifs is 1. The fourth-order valence-electron chi connectivity index (χ4n) is 2.92. The molecule has 0 aromatic heterocycles. The fraction of sp³-hybridized carbons (Fsp3) is 0.353. The second kappa shape index (κ2) is 5.42. The molecule has 0 saturated carbocycles. The Labute approximate surface area is 114 Å². The lowest BCUT2D eigenvalue weighted by Crippen LogP contribution is -2.33. The highest BCUT2D eigenvalue weighted by Gasteiger charge is 2.21. The predicted octanol–water partition coefficient (Wildman–Crippen LogP) is 3.89. The largest absolute Gasteiger partial charge is 0.284 e. The second-order valence-electron chi connectivity index (χ2n) is 5.23. The zero-order valence-corrected chi connectivity index (χ0v) is 11.0. The molecule has 2 aromatic rings. The zero-order valence-electron chi connectivity index (χ0n) is 11.0. The Bertz CT molecular complexity index is 606. The van der Waals surface area contributed by atoms with E-state index in [0.29, 0.717) is 0 Å². The topological polar surface area (TPSA) is 27.0 Å². The highest BCUT2D eigenvalue weighted by molar-refractivity contribution is 5.83. The van der Waals surface area contributed by atoms with E-state index in [1.807, 2.05) is 6.07 Å². The van der Waals surface area contributed by atoms with Crippen molar-refractivity contribution in [3.8, 4) is 6.07 Å². The molecule has 1 aliphatic rings. The molecule has 3 rings (SSSR count). The first-order chi connectivity index (χ1) is 9.38. The van der Waals surface area contributed by atoms with E-state index < -0.39 is 0 Å². The number of benzene rings is 2. The van der Waals surface area contributed by atoms with Gasteiger partial charge < -0.3 is 0 Å². The van der Waals surface area contributed by atoms with Crippen LogP contribution in [-0.4, -0.2) is 18.0 Å². The summed E-state index contributed by atoms with van der Waals surface area (Å²) in [7, 11) is 0. The summed E-state index contributed by atoms with van der Waals surface area (Å²) in [5.74, 6) is 0. The van der Waals surface area contributed by atoms with Gasteiger partial charge in [0.15, 0.2) is 0 Å². The van der Waals surface area contributed by atoms with Crippen molar-refractivity contribution in [1.82, 2.24) is 4.90 Å². The molecular formula is C17H18N2. The van der Waals surface area contributed by atoms with Crippen LogP contribution in [0.1, 0.15) is 30.9 Å². The smallest absolute Gasteiger partial charge is 0.123 e. The lowest BCUT2D eigenvalue weighted by Gasteiger charge is -2.30. The maximum Gasteiger partial charge on any atom is 0.123 e. The minimum atomic E-state index is -0.0927. The van der Waals surface area contributed by atoms with Crippen LogP contribution >= 0.6 is 0 Å². The average Bonchev–Trinajstić information content (AvgIpc) is 2.49. The van der Waals surface area contributed by atoms with Crippen LogP contribution in [0.2, 0.25) is 0 Å². The van der Waals surface area contributed by atoms with Gasteiger partial charge in [-0.25, -0.2) is 0 Å². The van der Waals surface area contributed by atoms with E-state index >= 15 is 0 Å². The summed E-state index contributed by atoms with van der Waals surface area (Å²) in [4.78, 5) is 2.31. The first kappa shape index (κ1) is 12.2. The van der Waals surface area contributed by atoms with Gasteiger partial charge >= 0.3 is 0 Å². The van der Waals surface area contributed by atoms with Gasteiger partial charge in [-0.3, -0.25) is 4.90 Å². The van der Waals surface area contributed by atoms with Gasteiger partial charge in [-0.1, -0.05) is 42.8 Å². The summed E-state index contributed by atoms with van der Waals surface area (Å²) in [6.45, 7) is 2.09. The molecule has 0 spiro atoms. The summed E-state index contributed by atoms with van der Waals surface area (Å²) in [5.41, 5.74) is 1.13. The van der Waals surface area contributed by atoms with Crippen LogP contribution in [0.15, 0.2) is 42.5 Å². The van der Waals surface area contributed by atoms with Gasteiger partial charge in [0.05, 0.1) is 6.07 Å². The van der Waals surface area contributed by atoms with Crippen LogP contribution in [0.5, 0.6) is 0 Å².